The van der Waals surface area contributed by atoms with E-state index in [0.29, 0.717) is 5.76 Å². The molecule has 6 heteroatoms. The van der Waals surface area contributed by atoms with E-state index in [1.807, 2.05) is 18.4 Å². The van der Waals surface area contributed by atoms with Gasteiger partial charge in [0.2, 0.25) is 0 Å². The Morgan fingerprint density at radius 3 is 2.88 bits per heavy atom. The molecule has 0 unspecified atom stereocenters. The minimum Gasteiger partial charge on any atom is -0.354 e. The fourth-order valence-electron chi connectivity index (χ4n) is 1.40. The van der Waals surface area contributed by atoms with Crippen molar-refractivity contribution < 1.29 is 4.52 Å². The van der Waals surface area contributed by atoms with Gasteiger partial charge in [-0.25, -0.2) is 4.98 Å². The van der Waals surface area contributed by atoms with Crippen LogP contribution in [0.25, 0.3) is 22.2 Å². The minimum absolute atomic E-state index is 0.675. The third kappa shape index (κ3) is 1.94. The molecule has 17 heavy (non-hydrogen) atoms. The second-order valence-corrected chi connectivity index (χ2v) is 4.32. The quantitative estimate of drug-likeness (QED) is 0.693. The number of thiazole rings is 1. The van der Waals surface area contributed by atoms with Crippen LogP contribution in [0.4, 0.5) is 0 Å². The lowest BCUT2D eigenvalue weighted by Crippen LogP contribution is -1.83. The van der Waals surface area contributed by atoms with Crippen molar-refractivity contribution in [3.8, 4) is 22.2 Å². The summed E-state index contributed by atoms with van der Waals surface area (Å²) < 4.78 is 5.16. The Bertz CT molecular complexity index is 632. The molecule has 0 bridgehead atoms. The van der Waals surface area contributed by atoms with Crippen LogP contribution >= 0.6 is 11.3 Å². The second kappa shape index (κ2) is 4.06. The van der Waals surface area contributed by atoms with Crippen LogP contribution < -0.4 is 0 Å². The second-order valence-electron chi connectivity index (χ2n) is 3.46. The van der Waals surface area contributed by atoms with Gasteiger partial charge in [0.15, 0.2) is 5.76 Å². The lowest BCUT2D eigenvalue weighted by Gasteiger charge is -1.91. The summed E-state index contributed by atoms with van der Waals surface area (Å²) >= 11 is 1.51. The maximum atomic E-state index is 5.16. The van der Waals surface area contributed by atoms with E-state index >= 15 is 0 Å². The summed E-state index contributed by atoms with van der Waals surface area (Å²) in [5, 5.41) is 6.58. The standard InChI is InChI=1S/C11H8N4OS/c1-7-4-10(16-15-7)9-6-17-11(14-9)8-5-12-2-3-13-8/h2-6H,1H3. The van der Waals surface area contributed by atoms with Crippen molar-refractivity contribution in [1.29, 1.82) is 0 Å². The van der Waals surface area contributed by atoms with Gasteiger partial charge in [-0.2, -0.15) is 0 Å². The van der Waals surface area contributed by atoms with Gasteiger partial charge in [-0.15, -0.1) is 11.3 Å². The van der Waals surface area contributed by atoms with Crippen molar-refractivity contribution in [3.05, 3.63) is 35.7 Å². The highest BCUT2D eigenvalue weighted by molar-refractivity contribution is 7.13. The molecule has 0 amide bonds. The SMILES string of the molecule is Cc1cc(-c2csc(-c3cnccn3)n2)on1. The van der Waals surface area contributed by atoms with Crippen LogP contribution in [0.15, 0.2) is 34.6 Å². The first-order chi connectivity index (χ1) is 8.33. The summed E-state index contributed by atoms with van der Waals surface area (Å²) in [6.07, 6.45) is 4.97. The highest BCUT2D eigenvalue weighted by atomic mass is 32.1. The van der Waals surface area contributed by atoms with Gasteiger partial charge < -0.3 is 4.52 Å². The van der Waals surface area contributed by atoms with Gasteiger partial charge in [-0.05, 0) is 6.92 Å². The Kier molecular flexibility index (Phi) is 2.41. The Labute approximate surface area is 101 Å². The van der Waals surface area contributed by atoms with Gasteiger partial charge in [-0.3, -0.25) is 9.97 Å². The van der Waals surface area contributed by atoms with Gasteiger partial charge in [-0.1, -0.05) is 5.16 Å². The summed E-state index contributed by atoms with van der Waals surface area (Å²) in [5.41, 5.74) is 2.38. The van der Waals surface area contributed by atoms with Crippen LogP contribution in [0.5, 0.6) is 0 Å². The molecule has 0 fully saturated rings. The average molecular weight is 244 g/mol. The first-order valence-corrected chi connectivity index (χ1v) is 5.86. The number of aryl methyl sites for hydroxylation is 1. The Balaban J connectivity index is 1.99. The predicted molar refractivity (Wildman–Crippen MR) is 63.4 cm³/mol. The molecule has 0 saturated carbocycles. The number of rotatable bonds is 2. The van der Waals surface area contributed by atoms with Crippen LogP contribution in [0, 0.1) is 6.92 Å². The molecule has 0 aromatic carbocycles. The third-order valence-corrected chi connectivity index (χ3v) is 3.03. The fraction of sp³-hybridized carbons (Fsp3) is 0.0909. The summed E-state index contributed by atoms with van der Waals surface area (Å²) in [7, 11) is 0. The van der Waals surface area contributed by atoms with E-state index in [1.165, 1.54) is 11.3 Å². The zero-order valence-electron chi connectivity index (χ0n) is 8.99. The van der Waals surface area contributed by atoms with Gasteiger partial charge in [0, 0.05) is 23.8 Å². The third-order valence-electron chi connectivity index (χ3n) is 2.17. The molecule has 0 atom stereocenters. The summed E-state index contributed by atoms with van der Waals surface area (Å²) in [6, 6.07) is 1.86. The highest BCUT2D eigenvalue weighted by Crippen LogP contribution is 2.27. The zero-order chi connectivity index (χ0) is 11.7. The molecule has 0 aliphatic rings. The normalized spacial score (nSPS) is 10.6. The molecule has 0 spiro atoms. The first kappa shape index (κ1) is 10.1. The van der Waals surface area contributed by atoms with Gasteiger partial charge in [0.25, 0.3) is 0 Å². The molecule has 0 N–H and O–H groups in total. The molecular formula is C11H8N4OS. The van der Waals surface area contributed by atoms with E-state index in [0.717, 1.165) is 22.1 Å². The van der Waals surface area contributed by atoms with Crippen LogP contribution in [-0.4, -0.2) is 20.1 Å². The molecule has 5 nitrogen and oxygen atoms in total. The molecule has 3 aromatic heterocycles. The molecule has 3 aromatic rings. The van der Waals surface area contributed by atoms with Crippen molar-refractivity contribution in [2.75, 3.05) is 0 Å². The van der Waals surface area contributed by atoms with E-state index in [2.05, 4.69) is 20.1 Å². The summed E-state index contributed by atoms with van der Waals surface area (Å²) in [5.74, 6) is 0.675. The van der Waals surface area contributed by atoms with E-state index < -0.39 is 0 Å². The number of nitrogens with zero attached hydrogens (tertiary/aromatic N) is 4. The van der Waals surface area contributed by atoms with Gasteiger partial charge >= 0.3 is 0 Å². The minimum atomic E-state index is 0.675. The maximum absolute atomic E-state index is 5.16. The van der Waals surface area contributed by atoms with E-state index in [1.54, 1.807) is 18.6 Å². The predicted octanol–water partition coefficient (Wildman–Crippen LogP) is 2.56. The van der Waals surface area contributed by atoms with Crippen molar-refractivity contribution in [3.63, 3.8) is 0 Å². The average Bonchev–Trinajstić information content (AvgIpc) is 2.98. The van der Waals surface area contributed by atoms with Crippen molar-refractivity contribution in [1.82, 2.24) is 20.1 Å². The smallest absolute Gasteiger partial charge is 0.186 e. The van der Waals surface area contributed by atoms with Crippen LogP contribution in [-0.2, 0) is 0 Å². The molecule has 0 radical (unpaired) electrons. The largest absolute Gasteiger partial charge is 0.354 e. The number of hydrogen-bond acceptors (Lipinski definition) is 6. The van der Waals surface area contributed by atoms with E-state index in [-0.39, 0.29) is 0 Å². The number of hydrogen-bond donors (Lipinski definition) is 0. The molecule has 3 heterocycles. The van der Waals surface area contributed by atoms with Gasteiger partial charge in [0.1, 0.15) is 16.4 Å². The van der Waals surface area contributed by atoms with Crippen LogP contribution in [0.1, 0.15) is 5.69 Å². The lowest BCUT2D eigenvalue weighted by atomic mass is 10.3. The molecule has 3 rings (SSSR count). The molecule has 84 valence electrons. The van der Waals surface area contributed by atoms with Crippen molar-refractivity contribution >= 4 is 11.3 Å². The summed E-state index contributed by atoms with van der Waals surface area (Å²) in [6.45, 7) is 1.88. The Morgan fingerprint density at radius 2 is 2.18 bits per heavy atom. The van der Waals surface area contributed by atoms with E-state index in [4.69, 9.17) is 4.52 Å². The Morgan fingerprint density at radius 1 is 1.24 bits per heavy atom. The first-order valence-electron chi connectivity index (χ1n) is 4.98. The molecular weight excluding hydrogens is 236 g/mol. The molecule has 0 aliphatic carbocycles. The Hall–Kier alpha value is -2.08. The maximum Gasteiger partial charge on any atom is 0.186 e. The van der Waals surface area contributed by atoms with E-state index in [9.17, 15) is 0 Å². The topological polar surface area (TPSA) is 64.7 Å². The zero-order valence-corrected chi connectivity index (χ0v) is 9.81. The van der Waals surface area contributed by atoms with Crippen molar-refractivity contribution in [2.45, 2.75) is 6.92 Å². The lowest BCUT2D eigenvalue weighted by molar-refractivity contribution is 0.426. The molecule has 0 aliphatic heterocycles. The van der Waals surface area contributed by atoms with Crippen molar-refractivity contribution in [2.24, 2.45) is 0 Å². The summed E-state index contributed by atoms with van der Waals surface area (Å²) in [4.78, 5) is 12.7. The number of aromatic nitrogens is 4. The highest BCUT2D eigenvalue weighted by Gasteiger charge is 2.11. The van der Waals surface area contributed by atoms with Gasteiger partial charge in [0.05, 0.1) is 11.9 Å². The monoisotopic (exact) mass is 244 g/mol. The fourth-order valence-corrected chi connectivity index (χ4v) is 2.17. The van der Waals surface area contributed by atoms with Crippen LogP contribution in [0.2, 0.25) is 0 Å². The van der Waals surface area contributed by atoms with Crippen LogP contribution in [0.3, 0.4) is 0 Å². The molecule has 0 saturated heterocycles.